The zero-order valence-corrected chi connectivity index (χ0v) is 39.3. The predicted octanol–water partition coefficient (Wildman–Crippen LogP) is 16.8. The second-order valence-corrected chi connectivity index (χ2v) is 19.4. The highest BCUT2D eigenvalue weighted by Gasteiger charge is 2.46. The van der Waals surface area contributed by atoms with Gasteiger partial charge in [0.2, 0.25) is 0 Å². The lowest BCUT2D eigenvalue weighted by Gasteiger charge is -2.34. The van der Waals surface area contributed by atoms with E-state index in [-0.39, 0.29) is 5.41 Å². The Kier molecular flexibility index (Phi) is 9.12. The van der Waals surface area contributed by atoms with Crippen molar-refractivity contribution in [3.8, 4) is 78.7 Å². The zero-order valence-electron chi connectivity index (χ0n) is 39.3. The lowest BCUT2D eigenvalue weighted by molar-refractivity contribution is 0.660. The van der Waals surface area contributed by atoms with Crippen LogP contribution in [0.4, 0.5) is 0 Å². The number of benzene rings is 10. The van der Waals surface area contributed by atoms with E-state index in [4.69, 9.17) is 19.4 Å². The molecule has 0 unspecified atom stereocenters. The first kappa shape index (κ1) is 41.0. The molecule has 2 heterocycles. The number of fused-ring (bicyclic) bond motifs is 9. The summed E-state index contributed by atoms with van der Waals surface area (Å²) < 4.78 is 6.63. The van der Waals surface area contributed by atoms with Crippen LogP contribution in [0.2, 0.25) is 0 Å². The van der Waals surface area contributed by atoms with Crippen LogP contribution >= 0.6 is 0 Å². The average Bonchev–Trinajstić information content (AvgIpc) is 4.05. The van der Waals surface area contributed by atoms with Crippen LogP contribution in [0.25, 0.3) is 101 Å². The summed E-state index contributed by atoms with van der Waals surface area (Å²) in [5.74, 6) is 1.78. The normalized spacial score (nSPS) is 13.7. The first-order valence-corrected chi connectivity index (χ1v) is 24.4. The Bertz CT molecular complexity index is 4050. The Morgan fingerprint density at radius 1 is 0.324 bits per heavy atom. The Morgan fingerprint density at radius 3 is 1.61 bits per heavy atom. The average molecular weight is 908 g/mol. The van der Waals surface area contributed by atoms with Crippen LogP contribution in [-0.2, 0) is 10.8 Å². The van der Waals surface area contributed by atoms with Gasteiger partial charge in [-0.25, -0.2) is 15.0 Å². The van der Waals surface area contributed by atoms with Gasteiger partial charge in [-0.15, -0.1) is 0 Å². The molecule has 71 heavy (non-hydrogen) atoms. The maximum absolute atomic E-state index is 6.63. The molecule has 10 aromatic carbocycles. The van der Waals surface area contributed by atoms with E-state index in [0.717, 1.165) is 55.3 Å². The smallest absolute Gasteiger partial charge is 0.164 e. The second-order valence-electron chi connectivity index (χ2n) is 19.4. The summed E-state index contributed by atoms with van der Waals surface area (Å²) >= 11 is 0. The van der Waals surface area contributed by atoms with Crippen molar-refractivity contribution in [2.75, 3.05) is 0 Å². The molecule has 2 aliphatic carbocycles. The molecular weight excluding hydrogens is 863 g/mol. The van der Waals surface area contributed by atoms with E-state index in [1.54, 1.807) is 0 Å². The van der Waals surface area contributed by atoms with Gasteiger partial charge in [0.1, 0.15) is 11.2 Å². The van der Waals surface area contributed by atoms with Gasteiger partial charge >= 0.3 is 0 Å². The van der Waals surface area contributed by atoms with Crippen molar-refractivity contribution >= 4 is 21.9 Å². The van der Waals surface area contributed by atoms with Crippen LogP contribution in [0.15, 0.2) is 241 Å². The fraction of sp³-hybridized carbons (Fsp3) is 0.0597. The largest absolute Gasteiger partial charge is 0.456 e. The third kappa shape index (κ3) is 6.21. The molecule has 14 rings (SSSR count). The molecule has 4 heteroatoms. The van der Waals surface area contributed by atoms with E-state index in [2.05, 4.69) is 220 Å². The van der Waals surface area contributed by atoms with Crippen molar-refractivity contribution in [3.05, 3.63) is 270 Å². The molecule has 2 aliphatic rings. The quantitative estimate of drug-likeness (QED) is 0.160. The summed E-state index contributed by atoms with van der Waals surface area (Å²) in [5, 5.41) is 1.99. The fourth-order valence-electron chi connectivity index (χ4n) is 12.0. The summed E-state index contributed by atoms with van der Waals surface area (Å²) in [4.78, 5) is 15.8. The van der Waals surface area contributed by atoms with Gasteiger partial charge in [0.05, 0.1) is 5.41 Å². The van der Waals surface area contributed by atoms with Gasteiger partial charge in [-0.2, -0.15) is 0 Å². The summed E-state index contributed by atoms with van der Waals surface area (Å²) in [6.07, 6.45) is 0. The summed E-state index contributed by atoms with van der Waals surface area (Å²) in [7, 11) is 0. The van der Waals surface area contributed by atoms with Crippen molar-refractivity contribution in [1.29, 1.82) is 0 Å². The fourth-order valence-corrected chi connectivity index (χ4v) is 12.0. The minimum Gasteiger partial charge on any atom is -0.456 e. The second kappa shape index (κ2) is 15.8. The van der Waals surface area contributed by atoms with E-state index in [9.17, 15) is 0 Å². The molecule has 0 saturated heterocycles. The van der Waals surface area contributed by atoms with Crippen molar-refractivity contribution in [3.63, 3.8) is 0 Å². The molecule has 0 amide bonds. The van der Waals surface area contributed by atoms with Gasteiger partial charge in [-0.1, -0.05) is 220 Å². The Labute approximate surface area is 412 Å². The van der Waals surface area contributed by atoms with Gasteiger partial charge < -0.3 is 4.42 Å². The van der Waals surface area contributed by atoms with E-state index in [1.807, 2.05) is 30.3 Å². The Morgan fingerprint density at radius 2 is 0.845 bits per heavy atom. The van der Waals surface area contributed by atoms with Gasteiger partial charge in [-0.05, 0) is 108 Å². The third-order valence-corrected chi connectivity index (χ3v) is 15.2. The highest BCUT2D eigenvalue weighted by Crippen LogP contribution is 2.57. The highest BCUT2D eigenvalue weighted by atomic mass is 16.3. The molecule has 12 aromatic rings. The molecule has 4 nitrogen and oxygen atoms in total. The minimum absolute atomic E-state index is 0.0987. The maximum atomic E-state index is 6.63. The number of nitrogens with zero attached hydrogens (tertiary/aromatic N) is 3. The molecule has 0 aliphatic heterocycles. The number of hydrogen-bond acceptors (Lipinski definition) is 4. The summed E-state index contributed by atoms with van der Waals surface area (Å²) in [6.45, 7) is 4.66. The lowest BCUT2D eigenvalue weighted by atomic mass is 9.67. The number of rotatable bonds is 7. The number of hydrogen-bond donors (Lipinski definition) is 0. The molecule has 2 aromatic heterocycles. The van der Waals surface area contributed by atoms with Crippen LogP contribution in [0.3, 0.4) is 0 Å². The van der Waals surface area contributed by atoms with Gasteiger partial charge in [-0.3, -0.25) is 0 Å². The molecule has 0 bridgehead atoms. The monoisotopic (exact) mass is 907 g/mol. The van der Waals surface area contributed by atoms with Crippen molar-refractivity contribution < 1.29 is 4.42 Å². The van der Waals surface area contributed by atoms with Crippen LogP contribution < -0.4 is 0 Å². The minimum atomic E-state index is -0.502. The summed E-state index contributed by atoms with van der Waals surface area (Å²) in [5.41, 5.74) is 21.1. The first-order valence-electron chi connectivity index (χ1n) is 24.4. The first-order chi connectivity index (χ1) is 34.9. The predicted molar refractivity (Wildman–Crippen MR) is 289 cm³/mol. The highest BCUT2D eigenvalue weighted by molar-refractivity contribution is 6.13. The molecule has 0 spiro atoms. The van der Waals surface area contributed by atoms with Crippen LogP contribution in [0, 0.1) is 0 Å². The van der Waals surface area contributed by atoms with E-state index < -0.39 is 5.41 Å². The van der Waals surface area contributed by atoms with Crippen LogP contribution in [0.1, 0.15) is 47.2 Å². The SMILES string of the molecule is CC1(C)c2ccccc2-c2c(-c3ccc4oc5cccc(-c6nc(-c7ccccc7)nc(-c7cccc(-c8cccc(C9(c%10ccccc%10)c%10ccccc%10-c%10ccccc%109)c8)c7)n6)c5c4c3)cccc21. The van der Waals surface area contributed by atoms with E-state index >= 15 is 0 Å². The molecule has 0 N–H and O–H groups in total. The zero-order chi connectivity index (χ0) is 47.3. The lowest BCUT2D eigenvalue weighted by Crippen LogP contribution is -2.28. The van der Waals surface area contributed by atoms with E-state index in [0.29, 0.717) is 17.5 Å². The molecule has 0 fully saturated rings. The Hall–Kier alpha value is -8.99. The standard InChI is InChI=1S/C67H45N3O/c1-66(2)55-32-12-11-29-52(55)61-49(30-17-35-58(61)66)45-37-38-59-54(41-45)62-53(31-18-36-60(62)71-59)65-69-63(42-19-5-3-6-20-42)68-64(70-65)46-23-15-21-43(39-46)44-22-16-26-48(40-44)67(47-24-7-4-8-25-47)56-33-13-9-27-50(56)51-28-10-14-34-57(51)67/h3-41H,1-2H3. The van der Waals surface area contributed by atoms with Gasteiger partial charge in [0.25, 0.3) is 0 Å². The molecule has 334 valence electrons. The Balaban J connectivity index is 0.916. The molecule has 0 radical (unpaired) electrons. The molecule has 0 saturated carbocycles. The topological polar surface area (TPSA) is 51.8 Å². The van der Waals surface area contributed by atoms with Crippen LogP contribution in [-0.4, -0.2) is 15.0 Å². The molecule has 0 atom stereocenters. The third-order valence-electron chi connectivity index (χ3n) is 15.2. The van der Waals surface area contributed by atoms with Crippen molar-refractivity contribution in [2.24, 2.45) is 0 Å². The van der Waals surface area contributed by atoms with E-state index in [1.165, 1.54) is 61.2 Å². The number of furan rings is 1. The van der Waals surface area contributed by atoms with Crippen molar-refractivity contribution in [1.82, 2.24) is 15.0 Å². The maximum Gasteiger partial charge on any atom is 0.164 e. The molecular formula is C67H45N3O. The number of aromatic nitrogens is 3. The van der Waals surface area contributed by atoms with Crippen LogP contribution in [0.5, 0.6) is 0 Å². The van der Waals surface area contributed by atoms with Crippen molar-refractivity contribution in [2.45, 2.75) is 24.7 Å². The summed E-state index contributed by atoms with van der Waals surface area (Å²) in [6, 6.07) is 85.0. The van der Waals surface area contributed by atoms with Gasteiger partial charge in [0.15, 0.2) is 17.5 Å². The van der Waals surface area contributed by atoms with Gasteiger partial charge in [0, 0.05) is 32.9 Å².